The van der Waals surface area contributed by atoms with Crippen molar-refractivity contribution in [2.45, 2.75) is 0 Å². The Morgan fingerprint density at radius 3 is 1.73 bits per heavy atom. The van der Waals surface area contributed by atoms with Gasteiger partial charge < -0.3 is 15.1 Å². The van der Waals surface area contributed by atoms with Gasteiger partial charge in [0.15, 0.2) is 5.82 Å². The van der Waals surface area contributed by atoms with Crippen LogP contribution in [-0.2, 0) is 0 Å². The fourth-order valence-electron chi connectivity index (χ4n) is 3.53. The van der Waals surface area contributed by atoms with Gasteiger partial charge in [-0.15, -0.1) is 10.2 Å². The van der Waals surface area contributed by atoms with Crippen molar-refractivity contribution < 1.29 is 9.59 Å². The molecule has 166 valence electrons. The van der Waals surface area contributed by atoms with Gasteiger partial charge in [0.05, 0.1) is 0 Å². The summed E-state index contributed by atoms with van der Waals surface area (Å²) >= 11 is 0. The third kappa shape index (κ3) is 4.52. The van der Waals surface area contributed by atoms with Gasteiger partial charge in [0, 0.05) is 61.3 Å². The summed E-state index contributed by atoms with van der Waals surface area (Å²) in [7, 11) is 6.92. The number of nitrogens with zero attached hydrogens (tertiary/aromatic N) is 4. The summed E-state index contributed by atoms with van der Waals surface area (Å²) < 4.78 is 0. The second-order valence-electron chi connectivity index (χ2n) is 8.12. The number of aromatic nitrogens is 2. The number of hydrogen-bond donors (Lipinski definition) is 1. The highest BCUT2D eigenvalue weighted by Crippen LogP contribution is 2.31. The van der Waals surface area contributed by atoms with E-state index in [0.29, 0.717) is 16.9 Å². The Kier molecular flexibility index (Phi) is 6.04. The molecule has 1 aromatic heterocycles. The summed E-state index contributed by atoms with van der Waals surface area (Å²) in [5, 5.41) is 14.1. The number of benzene rings is 3. The van der Waals surface area contributed by atoms with E-state index in [2.05, 4.69) is 15.5 Å². The van der Waals surface area contributed by atoms with Crippen molar-refractivity contribution >= 4 is 34.1 Å². The Morgan fingerprint density at radius 1 is 0.667 bits per heavy atom. The van der Waals surface area contributed by atoms with Gasteiger partial charge >= 0.3 is 0 Å². The molecule has 0 fully saturated rings. The van der Waals surface area contributed by atoms with Gasteiger partial charge in [0.1, 0.15) is 5.69 Å². The Labute approximate surface area is 192 Å². The quantitative estimate of drug-likeness (QED) is 0.497. The van der Waals surface area contributed by atoms with Gasteiger partial charge in [-0.25, -0.2) is 0 Å². The average Bonchev–Trinajstić information content (AvgIpc) is 2.84. The van der Waals surface area contributed by atoms with Crippen molar-refractivity contribution in [2.24, 2.45) is 0 Å². The van der Waals surface area contributed by atoms with E-state index in [1.807, 2.05) is 48.5 Å². The minimum Gasteiger partial charge on any atom is -0.345 e. The Hall–Kier alpha value is -4.26. The van der Waals surface area contributed by atoms with Crippen molar-refractivity contribution in [3.63, 3.8) is 0 Å². The van der Waals surface area contributed by atoms with Crippen molar-refractivity contribution in [1.82, 2.24) is 20.0 Å². The molecular weight excluding hydrogens is 414 g/mol. The Balaban J connectivity index is 1.66. The highest BCUT2D eigenvalue weighted by atomic mass is 16.2. The molecule has 0 atom stereocenters. The maximum absolute atomic E-state index is 12.2. The van der Waals surface area contributed by atoms with Gasteiger partial charge in [-0.05, 0) is 36.4 Å². The zero-order valence-corrected chi connectivity index (χ0v) is 19.0. The molecule has 0 saturated heterocycles. The summed E-state index contributed by atoms with van der Waals surface area (Å²) in [5.41, 5.74) is 3.67. The molecule has 3 aromatic carbocycles. The minimum absolute atomic E-state index is 0.0460. The van der Waals surface area contributed by atoms with Crippen LogP contribution in [0.2, 0.25) is 0 Å². The molecule has 0 unspecified atom stereocenters. The topological polar surface area (TPSA) is 78.4 Å². The molecule has 0 aliphatic heterocycles. The Morgan fingerprint density at radius 2 is 1.18 bits per heavy atom. The lowest BCUT2D eigenvalue weighted by Crippen LogP contribution is -2.21. The molecule has 7 nitrogen and oxygen atoms in total. The van der Waals surface area contributed by atoms with Crippen molar-refractivity contribution in [3.05, 3.63) is 83.9 Å². The first-order chi connectivity index (χ1) is 15.8. The number of anilines is 2. The van der Waals surface area contributed by atoms with E-state index in [4.69, 9.17) is 0 Å². The molecule has 2 amide bonds. The van der Waals surface area contributed by atoms with E-state index in [1.54, 1.807) is 62.3 Å². The lowest BCUT2D eigenvalue weighted by atomic mass is 10.0. The molecule has 0 aliphatic carbocycles. The maximum Gasteiger partial charge on any atom is 0.253 e. The number of carbonyl (C=O) groups excluding carboxylic acids is 2. The predicted octanol–water partition coefficient (Wildman–Crippen LogP) is 4.44. The second-order valence-corrected chi connectivity index (χ2v) is 8.12. The molecular formula is C26H25N5O2. The van der Waals surface area contributed by atoms with E-state index in [-0.39, 0.29) is 11.8 Å². The molecule has 7 heteroatoms. The van der Waals surface area contributed by atoms with Crippen LogP contribution >= 0.6 is 0 Å². The minimum atomic E-state index is -0.0468. The lowest BCUT2D eigenvalue weighted by Gasteiger charge is -2.13. The van der Waals surface area contributed by atoms with Crippen molar-refractivity contribution in [3.8, 4) is 11.3 Å². The van der Waals surface area contributed by atoms with Crippen LogP contribution in [0.1, 0.15) is 20.7 Å². The van der Waals surface area contributed by atoms with E-state index in [0.717, 1.165) is 27.7 Å². The van der Waals surface area contributed by atoms with E-state index in [9.17, 15) is 9.59 Å². The summed E-state index contributed by atoms with van der Waals surface area (Å²) in [6, 6.07) is 22.6. The molecule has 0 bridgehead atoms. The molecule has 4 rings (SSSR count). The maximum atomic E-state index is 12.2. The van der Waals surface area contributed by atoms with Crippen molar-refractivity contribution in [2.75, 3.05) is 33.5 Å². The molecule has 33 heavy (non-hydrogen) atoms. The predicted molar refractivity (Wildman–Crippen MR) is 131 cm³/mol. The van der Waals surface area contributed by atoms with E-state index >= 15 is 0 Å². The first-order valence-electron chi connectivity index (χ1n) is 10.5. The smallest absolute Gasteiger partial charge is 0.253 e. The number of hydrogen-bond acceptors (Lipinski definition) is 5. The summed E-state index contributed by atoms with van der Waals surface area (Å²) in [4.78, 5) is 27.4. The number of carbonyl (C=O) groups is 2. The normalized spacial score (nSPS) is 10.7. The molecule has 0 radical (unpaired) electrons. The van der Waals surface area contributed by atoms with Crippen molar-refractivity contribution in [1.29, 1.82) is 0 Å². The SMILES string of the molecule is CN(C)C(=O)c1ccc(Nc2nnc(-c3ccc(C(=O)N(C)C)cc3)c3ccccc23)cc1. The van der Waals surface area contributed by atoms with Crippen LogP contribution in [0, 0.1) is 0 Å². The average molecular weight is 440 g/mol. The van der Waals surface area contributed by atoms with Gasteiger partial charge in [-0.1, -0.05) is 36.4 Å². The summed E-state index contributed by atoms with van der Waals surface area (Å²) in [6.07, 6.45) is 0. The molecule has 0 aliphatic rings. The standard InChI is InChI=1S/C26H25N5O2/c1-30(2)25(32)18-11-9-17(10-12-18)23-21-7-5-6-8-22(21)24(29-28-23)27-20-15-13-19(14-16-20)26(33)31(3)4/h5-16H,1-4H3,(H,27,29). The highest BCUT2D eigenvalue weighted by molar-refractivity contribution is 6.01. The lowest BCUT2D eigenvalue weighted by molar-refractivity contribution is 0.0820. The van der Waals surface area contributed by atoms with Gasteiger partial charge in [-0.2, -0.15) is 0 Å². The third-order valence-electron chi connectivity index (χ3n) is 5.30. The van der Waals surface area contributed by atoms with Crippen LogP contribution in [0.5, 0.6) is 0 Å². The first kappa shape index (κ1) is 22.0. The number of fused-ring (bicyclic) bond motifs is 1. The second kappa shape index (κ2) is 9.08. The number of amides is 2. The molecule has 4 aromatic rings. The molecule has 0 saturated carbocycles. The van der Waals surface area contributed by atoms with E-state index < -0.39 is 0 Å². The van der Waals surface area contributed by atoms with Crippen LogP contribution < -0.4 is 5.32 Å². The molecule has 1 N–H and O–H groups in total. The zero-order valence-electron chi connectivity index (χ0n) is 19.0. The number of nitrogens with one attached hydrogen (secondary N) is 1. The van der Waals surface area contributed by atoms with Gasteiger partial charge in [0.25, 0.3) is 11.8 Å². The van der Waals surface area contributed by atoms with Crippen LogP contribution in [0.25, 0.3) is 22.0 Å². The largest absolute Gasteiger partial charge is 0.345 e. The van der Waals surface area contributed by atoms with Crippen LogP contribution in [0.4, 0.5) is 11.5 Å². The number of rotatable bonds is 5. The van der Waals surface area contributed by atoms with Crippen LogP contribution in [0.15, 0.2) is 72.8 Å². The third-order valence-corrected chi connectivity index (χ3v) is 5.30. The van der Waals surface area contributed by atoms with E-state index in [1.165, 1.54) is 0 Å². The van der Waals surface area contributed by atoms with Gasteiger partial charge in [-0.3, -0.25) is 9.59 Å². The van der Waals surface area contributed by atoms with Crippen LogP contribution in [0.3, 0.4) is 0 Å². The fraction of sp³-hybridized carbons (Fsp3) is 0.154. The molecule has 0 spiro atoms. The highest BCUT2D eigenvalue weighted by Gasteiger charge is 2.13. The zero-order chi connectivity index (χ0) is 23.5. The fourth-order valence-corrected chi connectivity index (χ4v) is 3.53. The first-order valence-corrected chi connectivity index (χ1v) is 10.5. The monoisotopic (exact) mass is 439 g/mol. The van der Waals surface area contributed by atoms with Crippen LogP contribution in [-0.4, -0.2) is 60.0 Å². The molecule has 1 heterocycles. The summed E-state index contributed by atoms with van der Waals surface area (Å²) in [6.45, 7) is 0. The Bertz CT molecular complexity index is 1310. The van der Waals surface area contributed by atoms with Gasteiger partial charge in [0.2, 0.25) is 0 Å². The summed E-state index contributed by atoms with van der Waals surface area (Å²) in [5.74, 6) is 0.533.